The number of non-ortho nitro benzene ring substituents is 1. The van der Waals surface area contributed by atoms with Crippen molar-refractivity contribution < 1.29 is 48.5 Å². The van der Waals surface area contributed by atoms with Gasteiger partial charge in [0.15, 0.2) is 0 Å². The molecule has 0 bridgehead atoms. The number of benzene rings is 3. The number of carbonyl (C=O) groups excluding carboxylic acids is 2. The Kier molecular flexibility index (Phi) is 14.5. The summed E-state index contributed by atoms with van der Waals surface area (Å²) in [4.78, 5) is 43.6. The number of aldehydes is 1. The third kappa shape index (κ3) is 9.51. The number of allylic oxidation sites excluding steroid dienone is 1. The van der Waals surface area contributed by atoms with Gasteiger partial charge in [0, 0.05) is 55.9 Å². The van der Waals surface area contributed by atoms with Crippen LogP contribution in [0.2, 0.25) is 0 Å². The van der Waals surface area contributed by atoms with E-state index in [1.807, 2.05) is 12.1 Å². The fraction of sp³-hybridized carbons (Fsp3) is 0.444. The lowest BCUT2D eigenvalue weighted by atomic mass is 9.55. The Bertz CT molecular complexity index is 2020. The minimum Gasteiger partial charge on any atom is -0.459 e. The van der Waals surface area contributed by atoms with Gasteiger partial charge in [-0.15, -0.1) is 6.58 Å². The van der Waals surface area contributed by atoms with Gasteiger partial charge in [0.25, 0.3) is 5.69 Å². The summed E-state index contributed by atoms with van der Waals surface area (Å²) in [5.74, 6) is -0.703. The second kappa shape index (κ2) is 19.9. The predicted molar refractivity (Wildman–Crippen MR) is 220 cm³/mol. The first-order valence-electron chi connectivity index (χ1n) is 20.2. The number of carbonyl (C=O) groups is 2. The molecule has 1 saturated carbocycles. The number of nitrogens with zero attached hydrogens (tertiary/aromatic N) is 3. The Morgan fingerprint density at radius 3 is 2.49 bits per heavy atom. The van der Waals surface area contributed by atoms with Gasteiger partial charge in [0.1, 0.15) is 36.2 Å². The van der Waals surface area contributed by atoms with E-state index in [0.29, 0.717) is 46.9 Å². The number of amides is 1. The van der Waals surface area contributed by atoms with E-state index in [4.69, 9.17) is 28.9 Å². The minimum absolute atomic E-state index is 0.00704. The van der Waals surface area contributed by atoms with Crippen molar-refractivity contribution >= 4 is 23.8 Å². The van der Waals surface area contributed by atoms with E-state index in [2.05, 4.69) is 12.7 Å². The van der Waals surface area contributed by atoms with Gasteiger partial charge in [0.05, 0.1) is 29.8 Å². The lowest BCUT2D eigenvalue weighted by Crippen LogP contribution is -2.69. The summed E-state index contributed by atoms with van der Waals surface area (Å²) in [5, 5.41) is 35.7. The van der Waals surface area contributed by atoms with Crippen molar-refractivity contribution in [3.05, 3.63) is 118 Å². The fourth-order valence-corrected chi connectivity index (χ4v) is 8.83. The summed E-state index contributed by atoms with van der Waals surface area (Å²) >= 11 is 0. The Balaban J connectivity index is 1.53. The first-order chi connectivity index (χ1) is 28.7. The minimum atomic E-state index is -1.46. The Morgan fingerprint density at radius 1 is 1.05 bits per heavy atom. The standard InChI is InChI=1S/C45H53N3O11/c1-4-23-56-45-41(47(3)44(52)55-5-2)27-39(46-57-29-30-15-17-33(18-16-30)48(53)54)37-25-32(12-6-8-21-49)36(14-7-9-22-50)42(43(37)45)38-26-35(19-20-40(38)59-45)58-34-13-10-11-31(24-34)28-51/h4,10-11,13,15-20,24-26,28,32,36,41-43,49-50H,1,5-9,12,14,21-23,27,29H2,2-3H3/t32-,36+,41-,42+,43+,45+/m0/s1. The monoisotopic (exact) mass is 811 g/mol. The molecule has 1 aliphatic heterocycles. The zero-order chi connectivity index (χ0) is 41.9. The van der Waals surface area contributed by atoms with Crippen LogP contribution in [0.5, 0.6) is 17.2 Å². The molecule has 0 spiro atoms. The zero-order valence-corrected chi connectivity index (χ0v) is 33.6. The fourth-order valence-electron chi connectivity index (χ4n) is 8.83. The van der Waals surface area contributed by atoms with E-state index in [1.54, 1.807) is 62.5 Å². The van der Waals surface area contributed by atoms with Crippen molar-refractivity contribution in [2.45, 2.75) is 76.2 Å². The molecule has 3 aromatic rings. The molecule has 314 valence electrons. The van der Waals surface area contributed by atoms with Gasteiger partial charge < -0.3 is 38.9 Å². The number of unbranched alkanes of at least 4 members (excludes halogenated alkanes) is 2. The highest BCUT2D eigenvalue weighted by atomic mass is 16.7. The average molecular weight is 812 g/mol. The summed E-state index contributed by atoms with van der Waals surface area (Å²) in [7, 11) is 1.66. The quantitative estimate of drug-likeness (QED) is 0.0370. The maximum atomic E-state index is 13.7. The number of nitro benzene ring substituents is 1. The van der Waals surface area contributed by atoms with Gasteiger partial charge >= 0.3 is 6.09 Å². The van der Waals surface area contributed by atoms with Crippen molar-refractivity contribution in [1.82, 2.24) is 4.90 Å². The molecule has 1 amide bonds. The highest BCUT2D eigenvalue weighted by molar-refractivity contribution is 6.03. The molecule has 3 aliphatic rings. The molecule has 14 nitrogen and oxygen atoms in total. The second-order valence-corrected chi connectivity index (χ2v) is 15.1. The molecular formula is C45H53N3O11. The lowest BCUT2D eigenvalue weighted by Gasteiger charge is -2.59. The van der Waals surface area contributed by atoms with Crippen LogP contribution in [0.1, 0.15) is 79.3 Å². The van der Waals surface area contributed by atoms with E-state index >= 15 is 0 Å². The third-order valence-corrected chi connectivity index (χ3v) is 11.5. The number of aliphatic hydroxyl groups is 2. The smallest absolute Gasteiger partial charge is 0.409 e. The summed E-state index contributed by atoms with van der Waals surface area (Å²) in [5.41, 5.74) is 3.43. The molecule has 1 heterocycles. The maximum Gasteiger partial charge on any atom is 0.409 e. The largest absolute Gasteiger partial charge is 0.459 e. The molecule has 0 radical (unpaired) electrons. The van der Waals surface area contributed by atoms with Crippen LogP contribution in [-0.2, 0) is 20.9 Å². The van der Waals surface area contributed by atoms with Crippen molar-refractivity contribution in [3.8, 4) is 17.2 Å². The molecule has 6 rings (SSSR count). The van der Waals surface area contributed by atoms with Crippen LogP contribution < -0.4 is 9.47 Å². The van der Waals surface area contributed by atoms with Crippen LogP contribution in [0.4, 0.5) is 10.5 Å². The van der Waals surface area contributed by atoms with E-state index in [-0.39, 0.29) is 62.9 Å². The number of nitro groups is 1. The normalized spacial score (nSPS) is 23.5. The van der Waals surface area contributed by atoms with E-state index in [0.717, 1.165) is 43.1 Å². The number of ether oxygens (including phenoxy) is 4. The van der Waals surface area contributed by atoms with Crippen LogP contribution in [-0.4, -0.2) is 83.4 Å². The van der Waals surface area contributed by atoms with Gasteiger partial charge in [0.2, 0.25) is 5.79 Å². The second-order valence-electron chi connectivity index (χ2n) is 15.1. The number of aliphatic hydroxyl groups excluding tert-OH is 2. The van der Waals surface area contributed by atoms with Crippen LogP contribution >= 0.6 is 0 Å². The molecule has 0 saturated heterocycles. The topological polar surface area (TPSA) is 179 Å². The molecule has 0 aromatic heterocycles. The lowest BCUT2D eigenvalue weighted by molar-refractivity contribution is -0.384. The van der Waals surface area contributed by atoms with E-state index < -0.39 is 28.8 Å². The summed E-state index contributed by atoms with van der Waals surface area (Å²) in [6.07, 6.45) is 8.54. The summed E-state index contributed by atoms with van der Waals surface area (Å²) < 4.78 is 25.9. The zero-order valence-electron chi connectivity index (χ0n) is 33.6. The van der Waals surface area contributed by atoms with Gasteiger partial charge in [-0.1, -0.05) is 42.3 Å². The highest BCUT2D eigenvalue weighted by Crippen LogP contribution is 2.62. The Morgan fingerprint density at radius 2 is 1.80 bits per heavy atom. The molecule has 3 aromatic carbocycles. The van der Waals surface area contributed by atoms with E-state index in [1.165, 1.54) is 17.0 Å². The van der Waals surface area contributed by atoms with Crippen molar-refractivity contribution in [1.29, 1.82) is 0 Å². The summed E-state index contributed by atoms with van der Waals surface area (Å²) in [6, 6.07) is 17.8. The van der Waals surface area contributed by atoms with Crippen molar-refractivity contribution in [3.63, 3.8) is 0 Å². The van der Waals surface area contributed by atoms with E-state index in [9.17, 15) is 29.9 Å². The molecule has 0 unspecified atom stereocenters. The van der Waals surface area contributed by atoms with Gasteiger partial charge in [-0.2, -0.15) is 0 Å². The van der Waals surface area contributed by atoms with Gasteiger partial charge in [-0.25, -0.2) is 4.79 Å². The molecule has 2 aliphatic carbocycles. The number of hydrogen-bond donors (Lipinski definition) is 2. The predicted octanol–water partition coefficient (Wildman–Crippen LogP) is 8.12. The van der Waals surface area contributed by atoms with Crippen LogP contribution in [0.25, 0.3) is 0 Å². The molecule has 59 heavy (non-hydrogen) atoms. The first-order valence-corrected chi connectivity index (χ1v) is 20.2. The Labute approximate surface area is 344 Å². The number of rotatable bonds is 20. The molecular weight excluding hydrogens is 759 g/mol. The average Bonchev–Trinajstić information content (AvgIpc) is 3.24. The number of likely N-dealkylation sites (N-methyl/N-ethyl adjacent to an activating group) is 1. The van der Waals surface area contributed by atoms with Crippen molar-refractivity contribution in [2.24, 2.45) is 22.9 Å². The number of hydrogen-bond acceptors (Lipinski definition) is 12. The molecule has 1 fully saturated rings. The van der Waals surface area contributed by atoms with Gasteiger partial charge in [-0.05, 0) is 98.0 Å². The SMILES string of the molecule is C=CCO[C@@]12Oc3ccc(Oc4cccc(C=O)c4)cc3[C@H]3[C@H](CCCCO)[C@@H](CCCCO)C=C(C(=NOCc4ccc([N+](=O)[O-])cc4)C[C@@H]1N(C)C(=O)OCC)[C@H]32. The Hall–Kier alpha value is -5.57. The third-order valence-electron chi connectivity index (χ3n) is 11.5. The maximum absolute atomic E-state index is 13.7. The van der Waals surface area contributed by atoms with Crippen LogP contribution in [0.3, 0.4) is 0 Å². The number of oxime groups is 1. The van der Waals surface area contributed by atoms with Crippen LogP contribution in [0, 0.1) is 27.9 Å². The van der Waals surface area contributed by atoms with Gasteiger partial charge in [-0.3, -0.25) is 14.9 Å². The van der Waals surface area contributed by atoms with Crippen LogP contribution in [0.15, 0.2) is 96.2 Å². The van der Waals surface area contributed by atoms with Crippen molar-refractivity contribution in [2.75, 3.05) is 33.5 Å². The molecule has 6 atom stereocenters. The first kappa shape index (κ1) is 43.0. The number of fused-ring (bicyclic) bond motifs is 2. The summed E-state index contributed by atoms with van der Waals surface area (Å²) in [6.45, 7) is 6.10. The molecule has 2 N–H and O–H groups in total. The highest BCUT2D eigenvalue weighted by Gasteiger charge is 2.65. The molecule has 14 heteroatoms.